The predicted octanol–water partition coefficient (Wildman–Crippen LogP) is 0.00380. The van der Waals surface area contributed by atoms with Crippen LogP contribution in [0.3, 0.4) is 0 Å². The number of Topliss-reactive ketones (excluding diaryl/α,β-unsaturated/α-hetero) is 2. The molecule has 116 valence electrons. The van der Waals surface area contributed by atoms with Crippen molar-refractivity contribution in [3.8, 4) is 0 Å². The number of aromatic amines is 1. The highest BCUT2D eigenvalue weighted by molar-refractivity contribution is 6.54. The molecule has 0 atom stereocenters. The summed E-state index contributed by atoms with van der Waals surface area (Å²) >= 11 is 0. The fraction of sp³-hybridized carbons (Fsp3) is 0.143. The van der Waals surface area contributed by atoms with Gasteiger partial charge in [0.2, 0.25) is 11.6 Å². The van der Waals surface area contributed by atoms with Crippen molar-refractivity contribution < 1.29 is 19.1 Å². The van der Waals surface area contributed by atoms with Crippen molar-refractivity contribution in [2.45, 2.75) is 0 Å². The molecule has 2 aromatic rings. The molecule has 0 bridgehead atoms. The third-order valence-electron chi connectivity index (χ3n) is 3.37. The van der Waals surface area contributed by atoms with Gasteiger partial charge in [0.15, 0.2) is 0 Å². The molecule has 1 aromatic carbocycles. The van der Waals surface area contributed by atoms with Crippen molar-refractivity contribution in [1.82, 2.24) is 20.6 Å². The standard InChI is InChI=1S/C14H11N5O4/c1-23-14(22)12(21)10-7-4-2-3-5-9(7)15-6-8(10)11(20)13-16-18-19-17-13/h2-5,15H,6H2,1H3,(H,16,17,18,19). The van der Waals surface area contributed by atoms with Crippen LogP contribution in [0.4, 0.5) is 5.69 Å². The van der Waals surface area contributed by atoms with Crippen LogP contribution in [0.25, 0.3) is 5.57 Å². The highest BCUT2D eigenvalue weighted by Gasteiger charge is 2.33. The summed E-state index contributed by atoms with van der Waals surface area (Å²) in [6.07, 6.45) is 0. The number of aromatic nitrogens is 4. The number of carbonyl (C=O) groups excluding carboxylic acids is 3. The Balaban J connectivity index is 2.18. The molecule has 0 saturated carbocycles. The maximum Gasteiger partial charge on any atom is 0.379 e. The molecule has 1 aliphatic rings. The number of hydrogen-bond donors (Lipinski definition) is 2. The number of rotatable bonds is 4. The molecule has 23 heavy (non-hydrogen) atoms. The van der Waals surface area contributed by atoms with Crippen LogP contribution in [0.2, 0.25) is 0 Å². The Morgan fingerprint density at radius 3 is 2.70 bits per heavy atom. The summed E-state index contributed by atoms with van der Waals surface area (Å²) in [7, 11) is 1.11. The van der Waals surface area contributed by atoms with Gasteiger partial charge in [-0.2, -0.15) is 5.21 Å². The summed E-state index contributed by atoms with van der Waals surface area (Å²) in [5, 5.41) is 15.8. The molecule has 2 heterocycles. The van der Waals surface area contributed by atoms with E-state index >= 15 is 0 Å². The van der Waals surface area contributed by atoms with Crippen molar-refractivity contribution >= 4 is 28.8 Å². The van der Waals surface area contributed by atoms with Gasteiger partial charge in [0.1, 0.15) is 0 Å². The van der Waals surface area contributed by atoms with Crippen molar-refractivity contribution in [3.63, 3.8) is 0 Å². The quantitative estimate of drug-likeness (QED) is 0.459. The third kappa shape index (κ3) is 2.48. The molecule has 0 unspecified atom stereocenters. The van der Waals surface area contributed by atoms with Crippen molar-refractivity contribution in [3.05, 3.63) is 41.2 Å². The molecule has 3 rings (SSSR count). The number of carbonyl (C=O) groups is 3. The Hall–Kier alpha value is -3.36. The van der Waals surface area contributed by atoms with E-state index in [0.717, 1.165) is 7.11 Å². The van der Waals surface area contributed by atoms with Gasteiger partial charge in [-0.05, 0) is 11.3 Å². The van der Waals surface area contributed by atoms with Gasteiger partial charge < -0.3 is 10.1 Å². The highest BCUT2D eigenvalue weighted by atomic mass is 16.5. The second-order valence-corrected chi connectivity index (χ2v) is 4.64. The molecule has 0 amide bonds. The number of ether oxygens (including phenoxy) is 1. The number of hydrogen-bond acceptors (Lipinski definition) is 8. The number of tetrazole rings is 1. The molecule has 0 aliphatic carbocycles. The molecular weight excluding hydrogens is 302 g/mol. The Bertz CT molecular complexity index is 825. The van der Waals surface area contributed by atoms with Crippen LogP contribution in [0.5, 0.6) is 0 Å². The fourth-order valence-corrected chi connectivity index (χ4v) is 2.33. The zero-order valence-electron chi connectivity index (χ0n) is 12.0. The maximum atomic E-state index is 12.5. The first-order valence-corrected chi connectivity index (χ1v) is 6.60. The second kappa shape index (κ2) is 5.79. The Morgan fingerprint density at radius 2 is 2.00 bits per heavy atom. The number of nitrogens with one attached hydrogen (secondary N) is 2. The van der Waals surface area contributed by atoms with E-state index in [9.17, 15) is 14.4 Å². The Kier molecular flexibility index (Phi) is 3.67. The Labute approximate surface area is 129 Å². The minimum Gasteiger partial charge on any atom is -0.463 e. The third-order valence-corrected chi connectivity index (χ3v) is 3.37. The topological polar surface area (TPSA) is 127 Å². The molecule has 1 aliphatic heterocycles. The van der Waals surface area contributed by atoms with Gasteiger partial charge in [-0.3, -0.25) is 9.59 Å². The normalized spacial score (nSPS) is 13.1. The zero-order chi connectivity index (χ0) is 16.4. The van der Waals surface area contributed by atoms with E-state index in [1.165, 1.54) is 0 Å². The van der Waals surface area contributed by atoms with E-state index in [2.05, 4.69) is 30.7 Å². The summed E-state index contributed by atoms with van der Waals surface area (Å²) in [5.41, 5.74) is 1.16. The van der Waals surface area contributed by atoms with Gasteiger partial charge in [-0.25, -0.2) is 4.79 Å². The first-order valence-electron chi connectivity index (χ1n) is 6.60. The van der Waals surface area contributed by atoms with Gasteiger partial charge in [-0.15, -0.1) is 10.2 Å². The molecule has 0 spiro atoms. The zero-order valence-corrected chi connectivity index (χ0v) is 12.0. The van der Waals surface area contributed by atoms with E-state index in [0.29, 0.717) is 11.3 Å². The lowest BCUT2D eigenvalue weighted by Crippen LogP contribution is -2.27. The van der Waals surface area contributed by atoms with Crippen LogP contribution in [-0.4, -0.2) is 51.8 Å². The van der Waals surface area contributed by atoms with Gasteiger partial charge in [-0.1, -0.05) is 18.2 Å². The molecule has 0 saturated heterocycles. The van der Waals surface area contributed by atoms with E-state index in [1.54, 1.807) is 24.3 Å². The Morgan fingerprint density at radius 1 is 1.22 bits per heavy atom. The minimum absolute atomic E-state index is 0.0130. The van der Waals surface area contributed by atoms with Crippen molar-refractivity contribution in [2.24, 2.45) is 0 Å². The lowest BCUT2D eigenvalue weighted by Gasteiger charge is -2.22. The highest BCUT2D eigenvalue weighted by Crippen LogP contribution is 2.32. The van der Waals surface area contributed by atoms with Crippen LogP contribution >= 0.6 is 0 Å². The lowest BCUT2D eigenvalue weighted by atomic mass is 9.89. The van der Waals surface area contributed by atoms with Crippen molar-refractivity contribution in [2.75, 3.05) is 19.0 Å². The number of para-hydroxylation sites is 1. The average Bonchev–Trinajstić information content (AvgIpc) is 3.13. The number of methoxy groups -OCH3 is 1. The first kappa shape index (κ1) is 14.6. The van der Waals surface area contributed by atoms with Gasteiger partial charge >= 0.3 is 5.97 Å². The van der Waals surface area contributed by atoms with Gasteiger partial charge in [0.05, 0.1) is 7.11 Å². The van der Waals surface area contributed by atoms with E-state index < -0.39 is 17.5 Å². The molecule has 1 aromatic heterocycles. The summed E-state index contributed by atoms with van der Waals surface area (Å²) in [6.45, 7) is 0.0580. The van der Waals surface area contributed by atoms with Crippen molar-refractivity contribution in [1.29, 1.82) is 0 Å². The molecule has 2 N–H and O–H groups in total. The van der Waals surface area contributed by atoms with E-state index in [1.807, 2.05) is 0 Å². The summed E-state index contributed by atoms with van der Waals surface area (Å²) in [6, 6.07) is 6.86. The van der Waals surface area contributed by atoms with Crippen LogP contribution < -0.4 is 5.32 Å². The van der Waals surface area contributed by atoms with Crippen LogP contribution in [-0.2, 0) is 14.3 Å². The number of benzene rings is 1. The number of fused-ring (bicyclic) bond motifs is 1. The van der Waals surface area contributed by atoms with E-state index in [-0.39, 0.29) is 23.5 Å². The molecule has 9 nitrogen and oxygen atoms in total. The van der Waals surface area contributed by atoms with Gasteiger partial charge in [0, 0.05) is 28.9 Å². The van der Waals surface area contributed by atoms with Crippen LogP contribution in [0, 0.1) is 0 Å². The number of nitrogens with zero attached hydrogens (tertiary/aromatic N) is 3. The monoisotopic (exact) mass is 313 g/mol. The molecule has 0 radical (unpaired) electrons. The first-order chi connectivity index (χ1) is 11.1. The number of esters is 1. The van der Waals surface area contributed by atoms with Gasteiger partial charge in [0.25, 0.3) is 5.78 Å². The molecular formula is C14H11N5O4. The van der Waals surface area contributed by atoms with Crippen LogP contribution in [0.15, 0.2) is 29.8 Å². The number of anilines is 1. The predicted molar refractivity (Wildman–Crippen MR) is 77.4 cm³/mol. The maximum absolute atomic E-state index is 12.5. The largest absolute Gasteiger partial charge is 0.463 e. The van der Waals surface area contributed by atoms with Crippen LogP contribution in [0.1, 0.15) is 16.2 Å². The lowest BCUT2D eigenvalue weighted by molar-refractivity contribution is -0.149. The SMILES string of the molecule is COC(=O)C(=O)C1=C(C(=O)c2nn[nH]n2)CNc2ccccc21. The molecule has 9 heteroatoms. The minimum atomic E-state index is -1.05. The molecule has 0 fully saturated rings. The average molecular weight is 313 g/mol. The fourth-order valence-electron chi connectivity index (χ4n) is 2.33. The second-order valence-electron chi connectivity index (χ2n) is 4.64. The summed E-state index contributed by atoms with van der Waals surface area (Å²) in [5.74, 6) is -2.72. The number of H-pyrrole nitrogens is 1. The summed E-state index contributed by atoms with van der Waals surface area (Å²) < 4.78 is 4.49. The smallest absolute Gasteiger partial charge is 0.379 e. The summed E-state index contributed by atoms with van der Waals surface area (Å²) in [4.78, 5) is 36.6. The van der Waals surface area contributed by atoms with E-state index in [4.69, 9.17) is 0 Å². The number of ketones is 2.